The zero-order chi connectivity index (χ0) is 14.3. The van der Waals surface area contributed by atoms with E-state index in [0.717, 1.165) is 18.4 Å². The molecule has 1 rings (SSSR count). The van der Waals surface area contributed by atoms with Crippen molar-refractivity contribution in [2.75, 3.05) is 27.7 Å². The van der Waals surface area contributed by atoms with Crippen molar-refractivity contribution in [1.29, 1.82) is 0 Å². The highest BCUT2D eigenvalue weighted by Crippen LogP contribution is 2.27. The number of nitrogens with one attached hydrogen (secondary N) is 2. The lowest BCUT2D eigenvalue weighted by Crippen LogP contribution is -2.49. The summed E-state index contributed by atoms with van der Waals surface area (Å²) in [6.07, 6.45) is 6.96. The van der Waals surface area contributed by atoms with Crippen molar-refractivity contribution < 1.29 is 0 Å². The van der Waals surface area contributed by atoms with Gasteiger partial charge in [0.25, 0.3) is 0 Å². The summed E-state index contributed by atoms with van der Waals surface area (Å²) in [6.45, 7) is 5.25. The van der Waals surface area contributed by atoms with Gasteiger partial charge in [-0.25, -0.2) is 0 Å². The second-order valence-electron chi connectivity index (χ2n) is 6.18. The Morgan fingerprint density at radius 3 is 2.25 bits per heavy atom. The second-order valence-corrected chi connectivity index (χ2v) is 6.18. The quantitative estimate of drug-likeness (QED) is 0.427. The molecule has 0 aliphatic heterocycles. The highest BCUT2D eigenvalue weighted by Gasteiger charge is 2.25. The van der Waals surface area contributed by atoms with Gasteiger partial charge in [-0.2, -0.15) is 0 Å². The molecule has 1 aliphatic rings. The summed E-state index contributed by atoms with van der Waals surface area (Å²) in [5, 5.41) is 6.82. The first-order valence-electron chi connectivity index (χ1n) is 7.68. The fourth-order valence-electron chi connectivity index (χ4n) is 2.96. The highest BCUT2D eigenvalue weighted by molar-refractivity contribution is 14.0. The van der Waals surface area contributed by atoms with Crippen LogP contribution in [-0.4, -0.2) is 50.6 Å². The van der Waals surface area contributed by atoms with Crippen molar-refractivity contribution in [3.8, 4) is 0 Å². The van der Waals surface area contributed by atoms with E-state index < -0.39 is 0 Å². The van der Waals surface area contributed by atoms with Gasteiger partial charge >= 0.3 is 0 Å². The lowest BCUT2D eigenvalue weighted by Gasteiger charge is -2.35. The zero-order valence-corrected chi connectivity index (χ0v) is 16.1. The van der Waals surface area contributed by atoms with E-state index in [0.29, 0.717) is 12.1 Å². The average molecular weight is 396 g/mol. The Kier molecular flexibility index (Phi) is 10.6. The fourth-order valence-corrected chi connectivity index (χ4v) is 2.96. The Labute approximate surface area is 142 Å². The first-order valence-corrected chi connectivity index (χ1v) is 7.68. The molecule has 2 N–H and O–H groups in total. The van der Waals surface area contributed by atoms with Crippen LogP contribution in [0.3, 0.4) is 0 Å². The van der Waals surface area contributed by atoms with E-state index >= 15 is 0 Å². The number of guanidine groups is 1. The maximum Gasteiger partial charge on any atom is 0.191 e. The van der Waals surface area contributed by atoms with Crippen LogP contribution in [0, 0.1) is 5.92 Å². The molecule has 0 bridgehead atoms. The van der Waals surface area contributed by atoms with E-state index in [9.17, 15) is 0 Å². The van der Waals surface area contributed by atoms with Crippen LogP contribution in [0.15, 0.2) is 4.99 Å². The molecule has 1 aliphatic carbocycles. The lowest BCUT2D eigenvalue weighted by molar-refractivity contribution is 0.171. The van der Waals surface area contributed by atoms with Gasteiger partial charge in [0.2, 0.25) is 0 Å². The van der Waals surface area contributed by atoms with Crippen LogP contribution < -0.4 is 10.6 Å². The molecule has 0 aromatic carbocycles. The van der Waals surface area contributed by atoms with Crippen molar-refractivity contribution in [2.45, 2.75) is 58.0 Å². The Balaban J connectivity index is 0.00000361. The van der Waals surface area contributed by atoms with Crippen LogP contribution in [-0.2, 0) is 0 Å². The Bertz CT molecular complexity index is 273. The third-order valence-corrected chi connectivity index (χ3v) is 3.98. The molecular formula is C15H33IN4. The van der Waals surface area contributed by atoms with Gasteiger partial charge < -0.3 is 15.5 Å². The zero-order valence-electron chi connectivity index (χ0n) is 13.8. The van der Waals surface area contributed by atoms with Crippen molar-refractivity contribution in [1.82, 2.24) is 15.5 Å². The third-order valence-electron chi connectivity index (χ3n) is 3.98. The molecule has 1 fully saturated rings. The molecule has 0 saturated heterocycles. The second kappa shape index (κ2) is 10.7. The van der Waals surface area contributed by atoms with Gasteiger partial charge in [0.1, 0.15) is 0 Å². The molecule has 1 unspecified atom stereocenters. The van der Waals surface area contributed by atoms with Crippen LogP contribution in [0.2, 0.25) is 0 Å². The van der Waals surface area contributed by atoms with Gasteiger partial charge in [0, 0.05) is 25.7 Å². The number of rotatable bonds is 5. The topological polar surface area (TPSA) is 39.7 Å². The van der Waals surface area contributed by atoms with Gasteiger partial charge in [-0.15, -0.1) is 24.0 Å². The lowest BCUT2D eigenvalue weighted by atomic mass is 9.83. The Morgan fingerprint density at radius 1 is 1.20 bits per heavy atom. The van der Waals surface area contributed by atoms with E-state index in [1.807, 2.05) is 7.05 Å². The van der Waals surface area contributed by atoms with Crippen LogP contribution >= 0.6 is 24.0 Å². The Hall–Kier alpha value is -0.0400. The van der Waals surface area contributed by atoms with Crippen molar-refractivity contribution in [3.63, 3.8) is 0 Å². The van der Waals surface area contributed by atoms with Gasteiger partial charge in [0.15, 0.2) is 5.96 Å². The first-order chi connectivity index (χ1) is 9.04. The number of likely N-dealkylation sites (N-methyl/N-ethyl adjacent to an activating group) is 1. The molecule has 20 heavy (non-hydrogen) atoms. The van der Waals surface area contributed by atoms with Gasteiger partial charge in [-0.05, 0) is 46.7 Å². The number of nitrogens with zero attached hydrogens (tertiary/aromatic N) is 2. The molecule has 0 amide bonds. The maximum atomic E-state index is 4.28. The molecule has 0 aromatic heterocycles. The minimum Gasteiger partial charge on any atom is -0.355 e. The number of hydrogen-bond donors (Lipinski definition) is 2. The summed E-state index contributed by atoms with van der Waals surface area (Å²) in [7, 11) is 6.22. The first kappa shape index (κ1) is 20.0. The number of hydrogen-bond acceptors (Lipinski definition) is 2. The van der Waals surface area contributed by atoms with Crippen molar-refractivity contribution in [2.24, 2.45) is 10.9 Å². The summed E-state index contributed by atoms with van der Waals surface area (Å²) in [4.78, 5) is 6.65. The molecular weight excluding hydrogens is 363 g/mol. The fraction of sp³-hybridized carbons (Fsp3) is 0.933. The number of aliphatic imine (C=N–C) groups is 1. The predicted octanol–water partition coefficient (Wildman–Crippen LogP) is 2.69. The number of halogens is 1. The summed E-state index contributed by atoms with van der Waals surface area (Å²) in [6, 6.07) is 1.02. The molecule has 120 valence electrons. The molecule has 1 saturated carbocycles. The van der Waals surface area contributed by atoms with E-state index in [1.54, 1.807) is 0 Å². The van der Waals surface area contributed by atoms with Crippen LogP contribution in [0.25, 0.3) is 0 Å². The molecule has 0 heterocycles. The van der Waals surface area contributed by atoms with E-state index in [-0.39, 0.29) is 24.0 Å². The maximum absolute atomic E-state index is 4.28. The van der Waals surface area contributed by atoms with Crippen LogP contribution in [0.5, 0.6) is 0 Å². The summed E-state index contributed by atoms with van der Waals surface area (Å²) < 4.78 is 0. The molecule has 4 nitrogen and oxygen atoms in total. The smallest absolute Gasteiger partial charge is 0.191 e. The average Bonchev–Trinajstić information content (AvgIpc) is 2.38. The van der Waals surface area contributed by atoms with E-state index in [4.69, 9.17) is 0 Å². The minimum absolute atomic E-state index is 0. The molecule has 0 aromatic rings. The predicted molar refractivity (Wildman–Crippen MR) is 99.1 cm³/mol. The minimum atomic E-state index is 0. The van der Waals surface area contributed by atoms with Gasteiger partial charge in [-0.1, -0.05) is 19.3 Å². The largest absolute Gasteiger partial charge is 0.355 e. The summed E-state index contributed by atoms with van der Waals surface area (Å²) >= 11 is 0. The van der Waals surface area contributed by atoms with E-state index in [2.05, 4.69) is 48.5 Å². The van der Waals surface area contributed by atoms with Crippen molar-refractivity contribution >= 4 is 29.9 Å². The summed E-state index contributed by atoms with van der Waals surface area (Å²) in [5.74, 6) is 1.74. The molecule has 5 heteroatoms. The normalized spacial score (nSPS) is 18.9. The van der Waals surface area contributed by atoms with E-state index in [1.165, 1.54) is 32.1 Å². The third kappa shape index (κ3) is 7.11. The van der Waals surface area contributed by atoms with Crippen molar-refractivity contribution in [3.05, 3.63) is 0 Å². The molecule has 1 atom stereocenters. The van der Waals surface area contributed by atoms with Gasteiger partial charge in [0.05, 0.1) is 0 Å². The molecule has 0 radical (unpaired) electrons. The SMILES string of the molecule is CN=C(NCC(C1CCCCC1)N(C)C)NC(C)C.I. The summed E-state index contributed by atoms with van der Waals surface area (Å²) in [5.41, 5.74) is 0. The molecule has 0 spiro atoms. The Morgan fingerprint density at radius 2 is 1.80 bits per heavy atom. The van der Waals surface area contributed by atoms with Crippen LogP contribution in [0.1, 0.15) is 46.0 Å². The standard InChI is InChI=1S/C15H32N4.HI/c1-12(2)18-15(16-3)17-11-14(19(4)5)13-9-7-6-8-10-13;/h12-14H,6-11H2,1-5H3,(H2,16,17,18);1H. The van der Waals surface area contributed by atoms with Crippen LogP contribution in [0.4, 0.5) is 0 Å². The highest BCUT2D eigenvalue weighted by atomic mass is 127. The monoisotopic (exact) mass is 396 g/mol. The van der Waals surface area contributed by atoms with Gasteiger partial charge in [-0.3, -0.25) is 4.99 Å².